The van der Waals surface area contributed by atoms with E-state index in [-0.39, 0.29) is 18.0 Å². The van der Waals surface area contributed by atoms with Gasteiger partial charge in [-0.05, 0) is 57.4 Å². The van der Waals surface area contributed by atoms with Crippen LogP contribution in [-0.2, 0) is 4.79 Å². The topological polar surface area (TPSA) is 115 Å². The lowest BCUT2D eigenvalue weighted by Gasteiger charge is -2.37. The van der Waals surface area contributed by atoms with E-state index in [0.717, 1.165) is 42.9 Å². The number of amides is 1. The molecule has 8 nitrogen and oxygen atoms in total. The lowest BCUT2D eigenvalue weighted by Crippen LogP contribution is -2.49. The van der Waals surface area contributed by atoms with Gasteiger partial charge in [0.25, 0.3) is 0 Å². The van der Waals surface area contributed by atoms with Crippen molar-refractivity contribution in [2.24, 2.45) is 0 Å². The molecule has 1 amide bonds. The molecule has 0 saturated heterocycles. The van der Waals surface area contributed by atoms with E-state index in [0.29, 0.717) is 17.4 Å². The minimum atomic E-state index is -0.195. The monoisotopic (exact) mass is 407 g/mol. The van der Waals surface area contributed by atoms with Gasteiger partial charge in [-0.2, -0.15) is 10.2 Å². The van der Waals surface area contributed by atoms with Crippen LogP contribution in [0, 0.1) is 11.3 Å². The molecule has 1 aromatic heterocycles. The second-order valence-electron chi connectivity index (χ2n) is 7.63. The van der Waals surface area contributed by atoms with E-state index in [4.69, 9.17) is 5.26 Å². The summed E-state index contributed by atoms with van der Waals surface area (Å²) in [5.41, 5.74) is 2.43. The van der Waals surface area contributed by atoms with E-state index in [1.54, 1.807) is 19.2 Å². The summed E-state index contributed by atoms with van der Waals surface area (Å²) in [6.07, 6.45) is 4.61. The van der Waals surface area contributed by atoms with E-state index < -0.39 is 0 Å². The number of aromatic nitrogens is 2. The Labute approximate surface area is 177 Å². The summed E-state index contributed by atoms with van der Waals surface area (Å²) in [6, 6.07) is 9.34. The molecule has 30 heavy (non-hydrogen) atoms. The molecule has 1 heterocycles. The maximum absolute atomic E-state index is 12.1. The highest BCUT2D eigenvalue weighted by molar-refractivity contribution is 5.81. The van der Waals surface area contributed by atoms with Gasteiger partial charge in [-0.3, -0.25) is 4.79 Å². The summed E-state index contributed by atoms with van der Waals surface area (Å²) in [4.78, 5) is 21.2. The third-order valence-electron chi connectivity index (χ3n) is 5.36. The number of carbonyl (C=O) groups is 1. The molecule has 0 spiro atoms. The van der Waals surface area contributed by atoms with E-state index in [2.05, 4.69) is 44.2 Å². The second-order valence-corrected chi connectivity index (χ2v) is 7.63. The van der Waals surface area contributed by atoms with Crippen molar-refractivity contribution in [1.29, 1.82) is 5.26 Å². The first-order chi connectivity index (χ1) is 14.5. The summed E-state index contributed by atoms with van der Waals surface area (Å²) in [6.45, 7) is 4.78. The number of rotatable bonds is 9. The molecule has 1 aliphatic rings. The minimum Gasteiger partial charge on any atom is -0.370 e. The maximum Gasteiger partial charge on any atom is 0.237 e. The zero-order valence-electron chi connectivity index (χ0n) is 17.7. The Morgan fingerprint density at radius 1 is 1.37 bits per heavy atom. The van der Waals surface area contributed by atoms with Crippen molar-refractivity contribution in [1.82, 2.24) is 20.6 Å². The van der Waals surface area contributed by atoms with Gasteiger partial charge in [0.2, 0.25) is 11.9 Å². The predicted molar refractivity (Wildman–Crippen MR) is 118 cm³/mol. The van der Waals surface area contributed by atoms with Crippen LogP contribution in [0.2, 0.25) is 0 Å². The van der Waals surface area contributed by atoms with Crippen molar-refractivity contribution in [3.8, 4) is 6.07 Å². The number of hydrogen-bond acceptors (Lipinski definition) is 7. The lowest BCUT2D eigenvalue weighted by atomic mass is 9.76. The zero-order chi connectivity index (χ0) is 21.5. The molecule has 1 aromatic carbocycles. The van der Waals surface area contributed by atoms with Crippen molar-refractivity contribution >= 4 is 23.4 Å². The Kier molecular flexibility index (Phi) is 7.20. The van der Waals surface area contributed by atoms with Gasteiger partial charge in [-0.15, -0.1) is 0 Å². The first-order valence-corrected chi connectivity index (χ1v) is 10.4. The number of hydrogen-bond donors (Lipinski definition) is 4. The van der Waals surface area contributed by atoms with Crippen LogP contribution >= 0.6 is 0 Å². The number of anilines is 3. The summed E-state index contributed by atoms with van der Waals surface area (Å²) in [7, 11) is 1.78. The van der Waals surface area contributed by atoms with Gasteiger partial charge in [0, 0.05) is 30.0 Å². The van der Waals surface area contributed by atoms with E-state index in [1.807, 2.05) is 25.3 Å². The Morgan fingerprint density at radius 3 is 2.87 bits per heavy atom. The zero-order valence-corrected chi connectivity index (χ0v) is 17.7. The highest BCUT2D eigenvalue weighted by Crippen LogP contribution is 2.39. The first kappa shape index (κ1) is 21.5. The third-order valence-corrected chi connectivity index (χ3v) is 5.36. The molecule has 0 bridgehead atoms. The Morgan fingerprint density at radius 2 is 2.17 bits per heavy atom. The number of likely N-dealkylation sites (N-methyl/N-ethyl adjacent to an activating group) is 1. The standard InChI is InChI=1S/C22H29N7O/c1-4-8-25-20-19(16-10-18(11-16)27-21(30)14(2)24-3)13-26-22(29-20)28-17-7-5-6-15(9-17)12-23/h5-7,9,13-14,16,18,24H,4,8,10-11H2,1-3H3,(H,27,30)(H2,25,26,28,29)/t14-,16-,18+/m0/s1. The van der Waals surface area contributed by atoms with E-state index in [9.17, 15) is 4.79 Å². The van der Waals surface area contributed by atoms with Crippen LogP contribution in [-0.4, -0.2) is 41.6 Å². The SMILES string of the molecule is CCCNc1nc(Nc2cccc(C#N)c2)ncc1[C@H]1C[C@@H](NC(=O)[C@H](C)NC)C1. The van der Waals surface area contributed by atoms with Crippen molar-refractivity contribution in [2.75, 3.05) is 24.2 Å². The second kappa shape index (κ2) is 10.0. The number of benzene rings is 1. The fraction of sp³-hybridized carbons (Fsp3) is 0.455. The Bertz CT molecular complexity index is 918. The number of nitrogens with zero attached hydrogens (tertiary/aromatic N) is 3. The van der Waals surface area contributed by atoms with Gasteiger partial charge in [0.1, 0.15) is 5.82 Å². The van der Waals surface area contributed by atoms with Crippen molar-refractivity contribution in [2.45, 2.75) is 51.1 Å². The first-order valence-electron chi connectivity index (χ1n) is 10.4. The summed E-state index contributed by atoms with van der Waals surface area (Å²) >= 11 is 0. The number of nitrogens with one attached hydrogen (secondary N) is 4. The fourth-order valence-electron chi connectivity index (χ4n) is 3.38. The molecule has 1 fully saturated rings. The van der Waals surface area contributed by atoms with Crippen LogP contribution in [0.15, 0.2) is 30.5 Å². The van der Waals surface area contributed by atoms with E-state index >= 15 is 0 Å². The van der Waals surface area contributed by atoms with Crippen LogP contribution in [0.4, 0.5) is 17.5 Å². The summed E-state index contributed by atoms with van der Waals surface area (Å²) in [5, 5.41) is 21.7. The molecule has 0 aliphatic heterocycles. The molecule has 2 aromatic rings. The molecule has 1 saturated carbocycles. The highest BCUT2D eigenvalue weighted by Gasteiger charge is 2.34. The van der Waals surface area contributed by atoms with Crippen molar-refractivity contribution in [3.05, 3.63) is 41.6 Å². The third kappa shape index (κ3) is 5.24. The van der Waals surface area contributed by atoms with Gasteiger partial charge in [0.15, 0.2) is 0 Å². The molecule has 4 N–H and O–H groups in total. The van der Waals surface area contributed by atoms with E-state index in [1.165, 1.54) is 0 Å². The van der Waals surface area contributed by atoms with Crippen LogP contribution in [0.5, 0.6) is 0 Å². The summed E-state index contributed by atoms with van der Waals surface area (Å²) < 4.78 is 0. The van der Waals surface area contributed by atoms with Gasteiger partial charge < -0.3 is 21.3 Å². The van der Waals surface area contributed by atoms with Gasteiger partial charge in [-0.1, -0.05) is 13.0 Å². The Hall–Kier alpha value is -3.18. The lowest BCUT2D eigenvalue weighted by molar-refractivity contribution is -0.124. The van der Waals surface area contributed by atoms with Gasteiger partial charge in [0.05, 0.1) is 17.7 Å². The number of carbonyl (C=O) groups excluding carboxylic acids is 1. The van der Waals surface area contributed by atoms with Crippen molar-refractivity contribution in [3.63, 3.8) is 0 Å². The molecule has 1 atom stereocenters. The van der Waals surface area contributed by atoms with Gasteiger partial charge in [-0.25, -0.2) is 4.98 Å². The van der Waals surface area contributed by atoms with Crippen LogP contribution in [0.25, 0.3) is 0 Å². The molecular weight excluding hydrogens is 378 g/mol. The van der Waals surface area contributed by atoms with Crippen LogP contribution in [0.3, 0.4) is 0 Å². The molecule has 1 aliphatic carbocycles. The number of nitriles is 1. The molecule has 3 rings (SSSR count). The largest absolute Gasteiger partial charge is 0.370 e. The smallest absolute Gasteiger partial charge is 0.237 e. The molecule has 0 unspecified atom stereocenters. The Balaban J connectivity index is 1.69. The quantitative estimate of drug-likeness (QED) is 0.505. The highest BCUT2D eigenvalue weighted by atomic mass is 16.2. The summed E-state index contributed by atoms with van der Waals surface area (Å²) in [5.74, 6) is 1.65. The average molecular weight is 408 g/mol. The molecule has 8 heteroatoms. The maximum atomic E-state index is 12.1. The minimum absolute atomic E-state index is 0.0284. The van der Waals surface area contributed by atoms with Gasteiger partial charge >= 0.3 is 0 Å². The molecular formula is C22H29N7O. The molecule has 0 radical (unpaired) electrons. The van der Waals surface area contributed by atoms with Crippen LogP contribution < -0.4 is 21.3 Å². The normalized spacial score (nSPS) is 18.6. The van der Waals surface area contributed by atoms with Crippen LogP contribution in [0.1, 0.15) is 50.2 Å². The van der Waals surface area contributed by atoms with Crippen molar-refractivity contribution < 1.29 is 4.79 Å². The molecule has 158 valence electrons. The average Bonchev–Trinajstić information content (AvgIpc) is 2.74. The fourth-order valence-corrected chi connectivity index (χ4v) is 3.38. The predicted octanol–water partition coefficient (Wildman–Crippen LogP) is 2.88.